The molecule has 2 aliphatic rings. The van der Waals surface area contributed by atoms with Gasteiger partial charge >= 0.3 is 0 Å². The zero-order valence-corrected chi connectivity index (χ0v) is 15.1. The fourth-order valence-electron chi connectivity index (χ4n) is 4.04. The van der Waals surface area contributed by atoms with Gasteiger partial charge in [0.2, 0.25) is 0 Å². The van der Waals surface area contributed by atoms with Gasteiger partial charge in [-0.3, -0.25) is 0 Å². The average Bonchev–Trinajstić information content (AvgIpc) is 2.64. The second-order valence-corrected chi connectivity index (χ2v) is 7.28. The van der Waals surface area contributed by atoms with Crippen LogP contribution in [-0.4, -0.2) is 5.11 Å². The maximum atomic E-state index is 10.5. The molecule has 0 saturated carbocycles. The number of nitriles is 3. The number of fused-ring (bicyclic) bond motifs is 1. The van der Waals surface area contributed by atoms with E-state index >= 15 is 0 Å². The normalized spacial score (nSPS) is 23.9. The first-order valence-corrected chi connectivity index (χ1v) is 8.78. The molecular weight excluding hydrogens is 371 g/mol. The first kappa shape index (κ1) is 18.2. The van der Waals surface area contributed by atoms with E-state index in [0.717, 1.165) is 18.4 Å². The number of benzene rings is 1. The molecule has 2 aliphatic carbocycles. The molecule has 26 heavy (non-hydrogen) atoms. The Morgan fingerprint density at radius 3 is 2.50 bits per heavy atom. The van der Waals surface area contributed by atoms with Crippen LogP contribution in [0.4, 0.5) is 0 Å². The standard InChI is InChI=1S/C19H14Cl2N4O/c20-10-5-13(17(26)15(21)6-10)16-12-4-2-1-3-11(12)14(7-22)18(25)19(16,8-23)9-24/h3,5-6,12,16,26H,1-2,4,25H2/t12-,16+/m0/s1. The second-order valence-electron chi connectivity index (χ2n) is 6.43. The van der Waals surface area contributed by atoms with Crippen LogP contribution in [0.15, 0.2) is 35.1 Å². The summed E-state index contributed by atoms with van der Waals surface area (Å²) in [5, 5.41) is 40.3. The van der Waals surface area contributed by atoms with Crippen molar-refractivity contribution in [2.75, 3.05) is 0 Å². The molecule has 0 aliphatic heterocycles. The van der Waals surface area contributed by atoms with Gasteiger partial charge in [-0.15, -0.1) is 0 Å². The monoisotopic (exact) mass is 384 g/mol. The lowest BCUT2D eigenvalue weighted by atomic mass is 9.56. The van der Waals surface area contributed by atoms with Crippen molar-refractivity contribution < 1.29 is 5.11 Å². The number of hydrogen-bond acceptors (Lipinski definition) is 5. The maximum Gasteiger partial charge on any atom is 0.191 e. The third-order valence-corrected chi connectivity index (χ3v) is 5.70. The van der Waals surface area contributed by atoms with E-state index < -0.39 is 11.3 Å². The Balaban J connectivity index is 2.40. The molecule has 0 spiro atoms. The molecule has 5 nitrogen and oxygen atoms in total. The van der Waals surface area contributed by atoms with Crippen LogP contribution in [0.3, 0.4) is 0 Å². The largest absolute Gasteiger partial charge is 0.506 e. The summed E-state index contributed by atoms with van der Waals surface area (Å²) < 4.78 is 0. The van der Waals surface area contributed by atoms with Crippen molar-refractivity contribution in [3.8, 4) is 24.0 Å². The van der Waals surface area contributed by atoms with Crippen LogP contribution in [0.5, 0.6) is 5.75 Å². The third-order valence-electron chi connectivity index (χ3n) is 5.19. The summed E-state index contributed by atoms with van der Waals surface area (Å²) in [4.78, 5) is 0. The molecule has 7 heteroatoms. The number of phenolic OH excluding ortho intramolecular Hbond substituents is 1. The number of nitrogens with zero attached hydrogens (tertiary/aromatic N) is 3. The molecule has 3 rings (SSSR count). The number of allylic oxidation sites excluding steroid dienone is 4. The summed E-state index contributed by atoms with van der Waals surface area (Å²) in [6, 6.07) is 8.97. The fraction of sp³-hybridized carbons (Fsp3) is 0.316. The van der Waals surface area contributed by atoms with Crippen LogP contribution < -0.4 is 5.73 Å². The van der Waals surface area contributed by atoms with E-state index in [1.165, 1.54) is 12.1 Å². The molecule has 3 N–H and O–H groups in total. The summed E-state index contributed by atoms with van der Waals surface area (Å²) >= 11 is 12.2. The summed E-state index contributed by atoms with van der Waals surface area (Å²) in [6.45, 7) is 0. The van der Waals surface area contributed by atoms with E-state index in [0.29, 0.717) is 12.0 Å². The highest BCUT2D eigenvalue weighted by Crippen LogP contribution is 2.58. The van der Waals surface area contributed by atoms with Gasteiger partial charge in [0.05, 0.1) is 28.4 Å². The second kappa shape index (κ2) is 6.58. The van der Waals surface area contributed by atoms with Gasteiger partial charge in [0, 0.05) is 16.5 Å². The van der Waals surface area contributed by atoms with E-state index in [9.17, 15) is 20.9 Å². The molecule has 0 fully saturated rings. The van der Waals surface area contributed by atoms with Crippen molar-refractivity contribution in [3.63, 3.8) is 0 Å². The number of aromatic hydroxyl groups is 1. The molecular formula is C19H14Cl2N4O. The summed E-state index contributed by atoms with van der Waals surface area (Å²) in [7, 11) is 0. The van der Waals surface area contributed by atoms with Gasteiger partial charge in [0.15, 0.2) is 5.41 Å². The van der Waals surface area contributed by atoms with Gasteiger partial charge < -0.3 is 10.8 Å². The zero-order valence-electron chi connectivity index (χ0n) is 13.6. The molecule has 0 heterocycles. The minimum Gasteiger partial charge on any atom is -0.506 e. The van der Waals surface area contributed by atoms with Gasteiger partial charge in [-0.1, -0.05) is 29.3 Å². The van der Waals surface area contributed by atoms with Crippen molar-refractivity contribution in [2.24, 2.45) is 17.1 Å². The lowest BCUT2D eigenvalue weighted by molar-refractivity contribution is 0.308. The van der Waals surface area contributed by atoms with Crippen LogP contribution in [0.2, 0.25) is 10.0 Å². The molecule has 1 aromatic rings. The van der Waals surface area contributed by atoms with Gasteiger partial charge in [0.1, 0.15) is 11.8 Å². The topological polar surface area (TPSA) is 118 Å². The highest BCUT2D eigenvalue weighted by molar-refractivity contribution is 6.35. The molecule has 0 bridgehead atoms. The smallest absolute Gasteiger partial charge is 0.191 e. The molecule has 2 atom stereocenters. The number of halogens is 2. The van der Waals surface area contributed by atoms with E-state index in [2.05, 4.69) is 6.07 Å². The molecule has 130 valence electrons. The van der Waals surface area contributed by atoms with Crippen LogP contribution in [0, 0.1) is 45.3 Å². The first-order chi connectivity index (χ1) is 12.4. The average molecular weight is 385 g/mol. The Bertz CT molecular complexity index is 961. The highest BCUT2D eigenvalue weighted by Gasteiger charge is 2.54. The van der Waals surface area contributed by atoms with Crippen molar-refractivity contribution in [1.82, 2.24) is 0 Å². The zero-order chi connectivity index (χ0) is 19.1. The summed E-state index contributed by atoms with van der Waals surface area (Å²) in [5.41, 5.74) is 5.49. The predicted molar refractivity (Wildman–Crippen MR) is 96.8 cm³/mol. The minimum absolute atomic E-state index is 0.0345. The quantitative estimate of drug-likeness (QED) is 0.748. The van der Waals surface area contributed by atoms with E-state index in [1.54, 1.807) is 0 Å². The van der Waals surface area contributed by atoms with Gasteiger partial charge in [-0.2, -0.15) is 15.8 Å². The molecule has 0 aromatic heterocycles. The fourth-order valence-corrected chi connectivity index (χ4v) is 4.55. The van der Waals surface area contributed by atoms with Crippen molar-refractivity contribution in [2.45, 2.75) is 25.2 Å². The lowest BCUT2D eigenvalue weighted by Crippen LogP contribution is -2.42. The van der Waals surface area contributed by atoms with Crippen LogP contribution in [0.25, 0.3) is 0 Å². The maximum absolute atomic E-state index is 10.5. The van der Waals surface area contributed by atoms with Gasteiger partial charge in [-0.05, 0) is 42.9 Å². The lowest BCUT2D eigenvalue weighted by Gasteiger charge is -2.43. The van der Waals surface area contributed by atoms with Gasteiger partial charge in [-0.25, -0.2) is 0 Å². The summed E-state index contributed by atoms with van der Waals surface area (Å²) in [5.74, 6) is -1.32. The minimum atomic E-state index is -1.80. The van der Waals surface area contributed by atoms with Crippen LogP contribution in [0.1, 0.15) is 30.7 Å². The SMILES string of the molecule is N#CC1=C(N)C(C#N)(C#N)[C@@H](c2cc(Cl)cc(Cl)c2O)[C@H]2CCCC=C12. The molecule has 1 aromatic carbocycles. The highest BCUT2D eigenvalue weighted by atomic mass is 35.5. The van der Waals surface area contributed by atoms with Crippen LogP contribution >= 0.6 is 23.2 Å². The van der Waals surface area contributed by atoms with Crippen molar-refractivity contribution >= 4 is 23.2 Å². The van der Waals surface area contributed by atoms with Crippen molar-refractivity contribution in [3.05, 3.63) is 50.7 Å². The Kier molecular flexibility index (Phi) is 4.59. The Labute approximate surface area is 161 Å². The Morgan fingerprint density at radius 1 is 1.19 bits per heavy atom. The number of phenols is 1. The Hall–Kier alpha value is -2.65. The molecule has 0 unspecified atom stereocenters. The number of hydrogen-bond donors (Lipinski definition) is 2. The third kappa shape index (κ3) is 2.43. The Morgan fingerprint density at radius 2 is 1.88 bits per heavy atom. The van der Waals surface area contributed by atoms with Gasteiger partial charge in [0.25, 0.3) is 0 Å². The van der Waals surface area contributed by atoms with Crippen molar-refractivity contribution in [1.29, 1.82) is 15.8 Å². The van der Waals surface area contributed by atoms with E-state index in [1.807, 2.05) is 18.2 Å². The molecule has 0 radical (unpaired) electrons. The molecule has 0 saturated heterocycles. The summed E-state index contributed by atoms with van der Waals surface area (Å²) in [6.07, 6.45) is 4.20. The predicted octanol–water partition coefficient (Wildman–Crippen LogP) is 4.29. The van der Waals surface area contributed by atoms with Crippen LogP contribution in [-0.2, 0) is 0 Å². The number of rotatable bonds is 1. The van der Waals surface area contributed by atoms with E-state index in [-0.39, 0.29) is 33.0 Å². The van der Waals surface area contributed by atoms with E-state index in [4.69, 9.17) is 28.9 Å². The molecule has 0 amide bonds. The first-order valence-electron chi connectivity index (χ1n) is 8.02. The number of nitrogens with two attached hydrogens (primary N) is 1.